The molecule has 25 heavy (non-hydrogen) atoms. The molecule has 0 saturated heterocycles. The molecule has 1 aliphatic carbocycles. The fourth-order valence-electron chi connectivity index (χ4n) is 3.41. The number of hydrogen-bond donors (Lipinski definition) is 1. The highest BCUT2D eigenvalue weighted by molar-refractivity contribution is 5.93. The third kappa shape index (κ3) is 2.99. The van der Waals surface area contributed by atoms with Crippen LogP contribution in [0.15, 0.2) is 30.5 Å². The molecule has 4 rings (SSSR count). The number of nitrogens with one attached hydrogen (secondary N) is 1. The van der Waals surface area contributed by atoms with Gasteiger partial charge < -0.3 is 4.90 Å². The van der Waals surface area contributed by atoms with Crippen molar-refractivity contribution in [2.45, 2.75) is 32.7 Å². The molecule has 1 N–H and O–H groups in total. The van der Waals surface area contributed by atoms with E-state index in [1.54, 1.807) is 18.1 Å². The average Bonchev–Trinajstić information content (AvgIpc) is 3.04. The first kappa shape index (κ1) is 15.7. The molecular weight excluding hydrogens is 314 g/mol. The van der Waals surface area contributed by atoms with Crippen molar-refractivity contribution in [2.24, 2.45) is 5.92 Å². The Bertz CT molecular complexity index is 932. The maximum atomic E-state index is 12.8. The molecule has 0 saturated carbocycles. The van der Waals surface area contributed by atoms with Crippen molar-refractivity contribution < 1.29 is 4.79 Å². The van der Waals surface area contributed by atoms with Gasteiger partial charge in [-0.1, -0.05) is 19.1 Å². The van der Waals surface area contributed by atoms with Crippen LogP contribution in [-0.4, -0.2) is 38.0 Å². The lowest BCUT2D eigenvalue weighted by atomic mass is 9.87. The Morgan fingerprint density at radius 1 is 1.32 bits per heavy atom. The van der Waals surface area contributed by atoms with Gasteiger partial charge in [-0.3, -0.25) is 14.9 Å². The van der Waals surface area contributed by atoms with Crippen molar-refractivity contribution in [3.05, 3.63) is 53.1 Å². The summed E-state index contributed by atoms with van der Waals surface area (Å²) in [6, 6.07) is 7.73. The second-order valence-electron chi connectivity index (χ2n) is 6.89. The number of aryl methyl sites for hydroxylation is 1. The van der Waals surface area contributed by atoms with E-state index in [0.717, 1.165) is 47.2 Å². The summed E-state index contributed by atoms with van der Waals surface area (Å²) >= 11 is 0. The van der Waals surface area contributed by atoms with E-state index in [1.807, 2.05) is 24.3 Å². The van der Waals surface area contributed by atoms with Crippen LogP contribution < -0.4 is 0 Å². The number of aromatic amines is 1. The zero-order chi connectivity index (χ0) is 17.4. The fraction of sp³-hybridized carbons (Fsp3) is 0.368. The van der Waals surface area contributed by atoms with Gasteiger partial charge in [0.2, 0.25) is 0 Å². The number of para-hydroxylation sites is 2. The minimum absolute atomic E-state index is 0.0680. The first-order chi connectivity index (χ1) is 12.1. The standard InChI is InChI=1S/C19H21N5O/c1-12-7-8-15-14(9-12)18(23-22-15)19(25)24(2)11-13-10-20-16-5-3-4-6-17(16)21-13/h3-6,10,12H,7-9,11H2,1-2H3,(H,22,23). The number of rotatable bonds is 3. The second-order valence-corrected chi connectivity index (χ2v) is 6.89. The molecule has 0 aliphatic heterocycles. The summed E-state index contributed by atoms with van der Waals surface area (Å²) in [5.41, 5.74) is 5.22. The zero-order valence-electron chi connectivity index (χ0n) is 14.5. The van der Waals surface area contributed by atoms with Gasteiger partial charge >= 0.3 is 0 Å². The highest BCUT2D eigenvalue weighted by atomic mass is 16.2. The van der Waals surface area contributed by atoms with Crippen molar-refractivity contribution in [1.29, 1.82) is 0 Å². The monoisotopic (exact) mass is 335 g/mol. The number of carbonyl (C=O) groups excluding carboxylic acids is 1. The Balaban J connectivity index is 1.55. The summed E-state index contributed by atoms with van der Waals surface area (Å²) in [6.07, 6.45) is 4.76. The van der Waals surface area contributed by atoms with Crippen LogP contribution in [-0.2, 0) is 19.4 Å². The van der Waals surface area contributed by atoms with Gasteiger partial charge in [-0.05, 0) is 37.3 Å². The van der Waals surface area contributed by atoms with Crippen LogP contribution in [0.4, 0.5) is 0 Å². The van der Waals surface area contributed by atoms with Crippen LogP contribution in [0.25, 0.3) is 11.0 Å². The Morgan fingerprint density at radius 3 is 2.96 bits per heavy atom. The summed E-state index contributed by atoms with van der Waals surface area (Å²) in [5, 5.41) is 7.34. The van der Waals surface area contributed by atoms with E-state index in [9.17, 15) is 4.79 Å². The molecule has 1 aliphatic rings. The lowest BCUT2D eigenvalue weighted by molar-refractivity contribution is 0.0776. The van der Waals surface area contributed by atoms with Gasteiger partial charge in [0.05, 0.1) is 29.5 Å². The van der Waals surface area contributed by atoms with E-state index >= 15 is 0 Å². The van der Waals surface area contributed by atoms with Gasteiger partial charge in [0, 0.05) is 18.3 Å². The predicted octanol–water partition coefficient (Wildman–Crippen LogP) is 2.75. The Labute approximate surface area is 146 Å². The molecular formula is C19H21N5O. The van der Waals surface area contributed by atoms with Crippen LogP contribution in [0.2, 0.25) is 0 Å². The van der Waals surface area contributed by atoms with E-state index in [1.165, 1.54) is 0 Å². The number of amides is 1. The topological polar surface area (TPSA) is 74.8 Å². The van der Waals surface area contributed by atoms with Crippen LogP contribution in [0.5, 0.6) is 0 Å². The Hall–Kier alpha value is -2.76. The minimum Gasteiger partial charge on any atom is -0.334 e. The van der Waals surface area contributed by atoms with Crippen LogP contribution >= 0.6 is 0 Å². The first-order valence-corrected chi connectivity index (χ1v) is 8.64. The van der Waals surface area contributed by atoms with E-state index in [4.69, 9.17) is 0 Å². The minimum atomic E-state index is -0.0680. The quantitative estimate of drug-likeness (QED) is 0.798. The fourth-order valence-corrected chi connectivity index (χ4v) is 3.41. The van der Waals surface area contributed by atoms with E-state index in [2.05, 4.69) is 27.1 Å². The van der Waals surface area contributed by atoms with E-state index < -0.39 is 0 Å². The highest BCUT2D eigenvalue weighted by Gasteiger charge is 2.26. The summed E-state index contributed by atoms with van der Waals surface area (Å²) in [5.74, 6) is 0.523. The number of carbonyl (C=O) groups is 1. The maximum Gasteiger partial charge on any atom is 0.274 e. The van der Waals surface area contributed by atoms with Gasteiger partial charge in [0.1, 0.15) is 0 Å². The number of aromatic nitrogens is 4. The molecule has 0 spiro atoms. The van der Waals surface area contributed by atoms with Gasteiger partial charge in [0.15, 0.2) is 5.69 Å². The summed E-state index contributed by atoms with van der Waals surface area (Å²) in [7, 11) is 1.78. The molecule has 6 heteroatoms. The van der Waals surface area contributed by atoms with Crippen LogP contribution in [0.3, 0.4) is 0 Å². The zero-order valence-corrected chi connectivity index (χ0v) is 14.5. The van der Waals surface area contributed by atoms with E-state index in [0.29, 0.717) is 18.2 Å². The highest BCUT2D eigenvalue weighted by Crippen LogP contribution is 2.26. The summed E-state index contributed by atoms with van der Waals surface area (Å²) in [4.78, 5) is 23.5. The lowest BCUT2D eigenvalue weighted by Crippen LogP contribution is -2.28. The van der Waals surface area contributed by atoms with Crippen molar-refractivity contribution >= 4 is 16.9 Å². The van der Waals surface area contributed by atoms with Crippen molar-refractivity contribution in [1.82, 2.24) is 25.1 Å². The maximum absolute atomic E-state index is 12.8. The largest absolute Gasteiger partial charge is 0.334 e. The number of nitrogens with zero attached hydrogens (tertiary/aromatic N) is 4. The first-order valence-electron chi connectivity index (χ1n) is 8.64. The second kappa shape index (κ2) is 6.27. The SMILES string of the molecule is CC1CCc2[nH]nc(C(=O)N(C)Cc3cnc4ccccc4n3)c2C1. The smallest absolute Gasteiger partial charge is 0.274 e. The van der Waals surface area contributed by atoms with Crippen molar-refractivity contribution in [2.75, 3.05) is 7.05 Å². The third-order valence-electron chi connectivity index (χ3n) is 4.84. The number of H-pyrrole nitrogens is 1. The molecule has 1 amide bonds. The molecule has 0 bridgehead atoms. The normalized spacial score (nSPS) is 16.6. The number of fused-ring (bicyclic) bond motifs is 2. The van der Waals surface area contributed by atoms with Crippen LogP contribution in [0.1, 0.15) is 40.8 Å². The number of hydrogen-bond acceptors (Lipinski definition) is 4. The van der Waals surface area contributed by atoms with Gasteiger partial charge in [0.25, 0.3) is 5.91 Å². The van der Waals surface area contributed by atoms with E-state index in [-0.39, 0.29) is 5.91 Å². The summed E-state index contributed by atoms with van der Waals surface area (Å²) < 4.78 is 0. The predicted molar refractivity (Wildman–Crippen MR) is 95.1 cm³/mol. The molecule has 1 aromatic carbocycles. The Kier molecular flexibility index (Phi) is 3.95. The van der Waals surface area contributed by atoms with Gasteiger partial charge in [-0.2, -0.15) is 5.10 Å². The van der Waals surface area contributed by atoms with Gasteiger partial charge in [-0.15, -0.1) is 0 Å². The molecule has 0 radical (unpaired) electrons. The molecule has 6 nitrogen and oxygen atoms in total. The molecule has 128 valence electrons. The molecule has 3 aromatic rings. The van der Waals surface area contributed by atoms with Crippen molar-refractivity contribution in [3.8, 4) is 0 Å². The summed E-state index contributed by atoms with van der Waals surface area (Å²) in [6.45, 7) is 2.63. The molecule has 2 heterocycles. The van der Waals surface area contributed by atoms with Gasteiger partial charge in [-0.25, -0.2) is 4.98 Å². The number of benzene rings is 1. The Morgan fingerprint density at radius 2 is 2.12 bits per heavy atom. The molecule has 1 atom stereocenters. The van der Waals surface area contributed by atoms with Crippen LogP contribution in [0, 0.1) is 5.92 Å². The third-order valence-corrected chi connectivity index (χ3v) is 4.84. The van der Waals surface area contributed by atoms with Crippen molar-refractivity contribution in [3.63, 3.8) is 0 Å². The lowest BCUT2D eigenvalue weighted by Gasteiger charge is -2.20. The molecule has 2 aromatic heterocycles. The molecule has 0 fully saturated rings. The molecule has 1 unspecified atom stereocenters. The average molecular weight is 335 g/mol.